The Labute approximate surface area is 90.3 Å². The number of carbonyl (C=O) groups is 1. The number of halogens is 1. The Morgan fingerprint density at radius 3 is 2.81 bits per heavy atom. The number of fused-ring (bicyclic) bond motifs is 1. The third-order valence-electron chi connectivity index (χ3n) is 2.17. The molecule has 0 aliphatic rings. The fourth-order valence-electron chi connectivity index (χ4n) is 1.46. The van der Waals surface area contributed by atoms with Crippen LogP contribution in [0.3, 0.4) is 0 Å². The molecule has 2 aromatic rings. The van der Waals surface area contributed by atoms with Gasteiger partial charge in [0.1, 0.15) is 5.82 Å². The Morgan fingerprint density at radius 1 is 1.44 bits per heavy atom. The number of ether oxygens (including phenoxy) is 1. The average molecular weight is 221 g/mol. The fourth-order valence-corrected chi connectivity index (χ4v) is 1.46. The van der Waals surface area contributed by atoms with Gasteiger partial charge in [-0.15, -0.1) is 0 Å². The van der Waals surface area contributed by atoms with Crippen LogP contribution in [0, 0.1) is 5.82 Å². The van der Waals surface area contributed by atoms with Gasteiger partial charge < -0.3 is 9.84 Å². The summed E-state index contributed by atoms with van der Waals surface area (Å²) < 4.78 is 18.0. The van der Waals surface area contributed by atoms with E-state index in [1.165, 1.54) is 31.4 Å². The molecule has 1 aromatic heterocycles. The van der Waals surface area contributed by atoms with Crippen molar-refractivity contribution in [3.63, 3.8) is 0 Å². The third kappa shape index (κ3) is 1.67. The first-order chi connectivity index (χ1) is 7.61. The molecule has 0 amide bonds. The molecule has 0 saturated heterocycles. The van der Waals surface area contributed by atoms with Crippen LogP contribution in [0.1, 0.15) is 10.5 Å². The summed E-state index contributed by atoms with van der Waals surface area (Å²) in [7, 11) is 1.39. The van der Waals surface area contributed by atoms with Crippen LogP contribution in [0.2, 0.25) is 0 Å². The summed E-state index contributed by atoms with van der Waals surface area (Å²) in [4.78, 5) is 14.6. The van der Waals surface area contributed by atoms with Crippen LogP contribution >= 0.6 is 0 Å². The normalized spacial score (nSPS) is 10.4. The van der Waals surface area contributed by atoms with E-state index in [1.54, 1.807) is 0 Å². The Bertz CT molecular complexity index is 568. The van der Waals surface area contributed by atoms with Gasteiger partial charge >= 0.3 is 5.97 Å². The van der Waals surface area contributed by atoms with Gasteiger partial charge in [-0.3, -0.25) is 0 Å². The second kappa shape index (κ2) is 3.77. The van der Waals surface area contributed by atoms with Crippen LogP contribution in [0.5, 0.6) is 5.88 Å². The number of aromatic carboxylic acids is 1. The summed E-state index contributed by atoms with van der Waals surface area (Å²) in [6.07, 6.45) is 0. The van der Waals surface area contributed by atoms with E-state index < -0.39 is 11.8 Å². The molecular formula is C11H8FNO3. The Morgan fingerprint density at radius 2 is 2.19 bits per heavy atom. The van der Waals surface area contributed by atoms with Crippen molar-refractivity contribution < 1.29 is 19.0 Å². The Balaban J connectivity index is 2.78. The lowest BCUT2D eigenvalue weighted by Crippen LogP contribution is -2.02. The number of carboxylic acid groups (broad SMARTS) is 1. The zero-order valence-corrected chi connectivity index (χ0v) is 8.40. The van der Waals surface area contributed by atoms with E-state index in [1.807, 2.05) is 0 Å². The maximum absolute atomic E-state index is 13.0. The standard InChI is InChI=1S/C11H8FNO3/c1-16-10-8-3-2-7(12)4-6(8)5-9(13-10)11(14)15/h2-5H,1H3,(H,14,15). The molecule has 0 fully saturated rings. The van der Waals surface area contributed by atoms with Crippen LogP contribution in [-0.2, 0) is 0 Å². The molecule has 1 aromatic carbocycles. The molecule has 1 heterocycles. The molecule has 0 aliphatic carbocycles. The first-order valence-corrected chi connectivity index (χ1v) is 4.49. The number of pyridine rings is 1. The lowest BCUT2D eigenvalue weighted by atomic mass is 10.1. The second-order valence-electron chi connectivity index (χ2n) is 3.19. The van der Waals surface area contributed by atoms with E-state index in [2.05, 4.69) is 4.98 Å². The number of hydrogen-bond donors (Lipinski definition) is 1. The van der Waals surface area contributed by atoms with Crippen molar-refractivity contribution in [2.75, 3.05) is 7.11 Å². The number of rotatable bonds is 2. The van der Waals surface area contributed by atoms with Crippen molar-refractivity contribution in [1.29, 1.82) is 0 Å². The van der Waals surface area contributed by atoms with E-state index >= 15 is 0 Å². The molecule has 1 N–H and O–H groups in total. The second-order valence-corrected chi connectivity index (χ2v) is 3.19. The lowest BCUT2D eigenvalue weighted by molar-refractivity contribution is 0.0690. The maximum Gasteiger partial charge on any atom is 0.354 e. The molecule has 0 bridgehead atoms. The van der Waals surface area contributed by atoms with Crippen molar-refractivity contribution in [3.8, 4) is 5.88 Å². The van der Waals surface area contributed by atoms with Gasteiger partial charge in [0, 0.05) is 5.39 Å². The highest BCUT2D eigenvalue weighted by Gasteiger charge is 2.11. The Kier molecular flexibility index (Phi) is 2.44. The molecule has 0 spiro atoms. The zero-order chi connectivity index (χ0) is 11.7. The van der Waals surface area contributed by atoms with Crippen LogP contribution in [-0.4, -0.2) is 23.2 Å². The fraction of sp³-hybridized carbons (Fsp3) is 0.0909. The Hall–Kier alpha value is -2.17. The van der Waals surface area contributed by atoms with Crippen molar-refractivity contribution >= 4 is 16.7 Å². The highest BCUT2D eigenvalue weighted by molar-refractivity contribution is 5.94. The molecule has 82 valence electrons. The molecule has 16 heavy (non-hydrogen) atoms. The van der Waals surface area contributed by atoms with Crippen LogP contribution < -0.4 is 4.74 Å². The van der Waals surface area contributed by atoms with Crippen LogP contribution in [0.4, 0.5) is 4.39 Å². The van der Waals surface area contributed by atoms with Crippen molar-refractivity contribution in [2.24, 2.45) is 0 Å². The van der Waals surface area contributed by atoms with Crippen molar-refractivity contribution in [1.82, 2.24) is 4.98 Å². The highest BCUT2D eigenvalue weighted by Crippen LogP contribution is 2.25. The lowest BCUT2D eigenvalue weighted by Gasteiger charge is -2.05. The van der Waals surface area contributed by atoms with E-state index in [4.69, 9.17) is 9.84 Å². The molecule has 2 rings (SSSR count). The summed E-state index contributed by atoms with van der Waals surface area (Å²) >= 11 is 0. The molecule has 0 saturated carbocycles. The van der Waals surface area contributed by atoms with E-state index in [0.717, 1.165) is 0 Å². The summed E-state index contributed by atoms with van der Waals surface area (Å²) in [6, 6.07) is 5.32. The minimum absolute atomic E-state index is 0.171. The number of carboxylic acids is 1. The van der Waals surface area contributed by atoms with Crippen molar-refractivity contribution in [3.05, 3.63) is 35.8 Å². The first-order valence-electron chi connectivity index (χ1n) is 4.49. The van der Waals surface area contributed by atoms with E-state index in [9.17, 15) is 9.18 Å². The summed E-state index contributed by atoms with van der Waals surface area (Å²) in [5.74, 6) is -1.43. The van der Waals surface area contributed by atoms with Gasteiger partial charge in [0.05, 0.1) is 7.11 Å². The molecule has 4 nitrogen and oxygen atoms in total. The van der Waals surface area contributed by atoms with Crippen LogP contribution in [0.25, 0.3) is 10.8 Å². The largest absolute Gasteiger partial charge is 0.481 e. The number of hydrogen-bond acceptors (Lipinski definition) is 3. The smallest absolute Gasteiger partial charge is 0.354 e. The van der Waals surface area contributed by atoms with Gasteiger partial charge in [-0.05, 0) is 29.7 Å². The predicted octanol–water partition coefficient (Wildman–Crippen LogP) is 2.08. The molecule has 0 aliphatic heterocycles. The minimum Gasteiger partial charge on any atom is -0.481 e. The minimum atomic E-state index is -1.18. The quantitative estimate of drug-likeness (QED) is 0.843. The van der Waals surface area contributed by atoms with Crippen molar-refractivity contribution in [2.45, 2.75) is 0 Å². The molecule has 0 radical (unpaired) electrons. The van der Waals surface area contributed by atoms with Crippen LogP contribution in [0.15, 0.2) is 24.3 Å². The zero-order valence-electron chi connectivity index (χ0n) is 8.40. The summed E-state index contributed by atoms with van der Waals surface area (Å²) in [6.45, 7) is 0. The first kappa shape index (κ1) is 10.4. The number of aromatic nitrogens is 1. The maximum atomic E-state index is 13.0. The average Bonchev–Trinajstić information content (AvgIpc) is 2.26. The van der Waals surface area contributed by atoms with E-state index in [-0.39, 0.29) is 11.6 Å². The number of methoxy groups -OCH3 is 1. The number of nitrogens with zero attached hydrogens (tertiary/aromatic N) is 1. The highest BCUT2D eigenvalue weighted by atomic mass is 19.1. The molecular weight excluding hydrogens is 213 g/mol. The SMILES string of the molecule is COc1nc(C(=O)O)cc2cc(F)ccc12. The molecule has 0 atom stereocenters. The van der Waals surface area contributed by atoms with Gasteiger partial charge in [-0.25, -0.2) is 14.2 Å². The van der Waals surface area contributed by atoms with Gasteiger partial charge in [-0.2, -0.15) is 0 Å². The monoisotopic (exact) mass is 221 g/mol. The third-order valence-corrected chi connectivity index (χ3v) is 2.17. The van der Waals surface area contributed by atoms with E-state index in [0.29, 0.717) is 10.8 Å². The molecule has 0 unspecified atom stereocenters. The number of benzene rings is 1. The molecule has 5 heteroatoms. The summed E-state index contributed by atoms with van der Waals surface area (Å²) in [5, 5.41) is 9.85. The van der Waals surface area contributed by atoms with Gasteiger partial charge in [-0.1, -0.05) is 0 Å². The topological polar surface area (TPSA) is 59.4 Å². The summed E-state index contributed by atoms with van der Waals surface area (Å²) in [5.41, 5.74) is -0.171. The van der Waals surface area contributed by atoms with Gasteiger partial charge in [0.25, 0.3) is 0 Å². The predicted molar refractivity (Wildman–Crippen MR) is 55.2 cm³/mol. The van der Waals surface area contributed by atoms with Gasteiger partial charge in [0.15, 0.2) is 5.69 Å². The van der Waals surface area contributed by atoms with Gasteiger partial charge in [0.2, 0.25) is 5.88 Å².